The van der Waals surface area contributed by atoms with Crippen molar-refractivity contribution in [3.8, 4) is 6.07 Å². The van der Waals surface area contributed by atoms with Crippen molar-refractivity contribution >= 4 is 11.9 Å². The molecule has 14 heavy (non-hydrogen) atoms. The Labute approximate surface area is 89.5 Å². The lowest BCUT2D eigenvalue weighted by atomic mass is 10.1. The van der Waals surface area contributed by atoms with Gasteiger partial charge in [0, 0.05) is 10.4 Å². The van der Waals surface area contributed by atoms with Crippen LogP contribution in [0.2, 0.25) is 0 Å². The summed E-state index contributed by atoms with van der Waals surface area (Å²) in [6.07, 6.45) is 0. The number of hydrogen-bond acceptors (Lipinski definition) is 3. The van der Waals surface area contributed by atoms with Gasteiger partial charge in [0.25, 0.3) is 0 Å². The molecule has 2 nitrogen and oxygen atoms in total. The smallest absolute Gasteiger partial charge is 0.0992 e. The van der Waals surface area contributed by atoms with Gasteiger partial charge in [-0.15, -0.1) is 0 Å². The Balaban J connectivity index is 2.65. The van der Waals surface area contributed by atoms with Crippen molar-refractivity contribution in [2.24, 2.45) is 0 Å². The van der Waals surface area contributed by atoms with Crippen molar-refractivity contribution in [2.75, 3.05) is 0 Å². The first kappa shape index (κ1) is 11.1. The second-order valence-corrected chi connectivity index (χ2v) is 4.97. The first-order chi connectivity index (χ1) is 6.51. The van der Waals surface area contributed by atoms with E-state index >= 15 is 0 Å². The van der Waals surface area contributed by atoms with Crippen molar-refractivity contribution in [3.63, 3.8) is 0 Å². The number of hydrogen-bond donors (Lipinski definition) is 1. The van der Waals surface area contributed by atoms with Crippen LogP contribution in [0.25, 0.3) is 0 Å². The van der Waals surface area contributed by atoms with Gasteiger partial charge in [-0.05, 0) is 50.9 Å². The topological polar surface area (TPSA) is 35.8 Å². The maximum atomic E-state index is 8.71. The fourth-order valence-electron chi connectivity index (χ4n) is 0.841. The first-order valence-electron chi connectivity index (χ1n) is 4.45. The molecule has 0 unspecified atom stereocenters. The molecule has 0 radical (unpaired) electrons. The zero-order valence-electron chi connectivity index (χ0n) is 8.66. The van der Waals surface area contributed by atoms with Crippen LogP contribution >= 0.6 is 11.9 Å². The molecule has 0 bridgehead atoms. The Morgan fingerprint density at radius 3 is 2.64 bits per heavy atom. The molecular weight excluding hydrogens is 192 g/mol. The predicted octanol–water partition coefficient (Wildman–Crippen LogP) is 2.95. The summed E-state index contributed by atoms with van der Waals surface area (Å²) in [7, 11) is 0. The van der Waals surface area contributed by atoms with E-state index in [4.69, 9.17) is 5.26 Å². The third-order valence-electron chi connectivity index (χ3n) is 1.44. The van der Waals surface area contributed by atoms with E-state index in [0.717, 1.165) is 4.90 Å². The summed E-state index contributed by atoms with van der Waals surface area (Å²) in [5.74, 6) is 0. The molecule has 0 aromatic heterocycles. The molecule has 0 saturated heterocycles. The zero-order chi connectivity index (χ0) is 10.6. The molecular formula is C11H14N2S. The van der Waals surface area contributed by atoms with Gasteiger partial charge in [-0.3, -0.25) is 4.72 Å². The van der Waals surface area contributed by atoms with Crippen molar-refractivity contribution in [2.45, 2.75) is 31.2 Å². The normalized spacial score (nSPS) is 11.0. The van der Waals surface area contributed by atoms with Gasteiger partial charge in [-0.25, -0.2) is 0 Å². The quantitative estimate of drug-likeness (QED) is 0.756. The molecule has 1 aromatic carbocycles. The van der Waals surface area contributed by atoms with Gasteiger partial charge < -0.3 is 0 Å². The molecule has 1 rings (SSSR count). The van der Waals surface area contributed by atoms with Crippen molar-refractivity contribution in [1.29, 1.82) is 5.26 Å². The first-order valence-corrected chi connectivity index (χ1v) is 5.27. The summed E-state index contributed by atoms with van der Waals surface area (Å²) in [4.78, 5) is 1.07. The maximum absolute atomic E-state index is 8.71. The number of nitrogens with one attached hydrogen (secondary N) is 1. The molecule has 0 atom stereocenters. The molecule has 0 aliphatic heterocycles. The highest BCUT2D eigenvalue weighted by Gasteiger charge is 2.08. The van der Waals surface area contributed by atoms with E-state index in [1.807, 2.05) is 18.2 Å². The third kappa shape index (κ3) is 3.82. The van der Waals surface area contributed by atoms with E-state index < -0.39 is 0 Å². The molecule has 0 aliphatic rings. The van der Waals surface area contributed by atoms with E-state index in [9.17, 15) is 0 Å². The van der Waals surface area contributed by atoms with Crippen LogP contribution in [0.4, 0.5) is 0 Å². The number of rotatable bonds is 2. The molecule has 0 saturated carbocycles. The van der Waals surface area contributed by atoms with Gasteiger partial charge in [0.15, 0.2) is 0 Å². The Morgan fingerprint density at radius 2 is 2.07 bits per heavy atom. The fraction of sp³-hybridized carbons (Fsp3) is 0.364. The van der Waals surface area contributed by atoms with Gasteiger partial charge in [0.2, 0.25) is 0 Å². The Morgan fingerprint density at radius 1 is 1.36 bits per heavy atom. The van der Waals surface area contributed by atoms with Crippen molar-refractivity contribution in [1.82, 2.24) is 4.72 Å². The minimum Gasteiger partial charge on any atom is -0.255 e. The number of nitrogens with zero attached hydrogens (tertiary/aromatic N) is 1. The van der Waals surface area contributed by atoms with E-state index in [-0.39, 0.29) is 5.54 Å². The lowest BCUT2D eigenvalue weighted by Gasteiger charge is -2.19. The van der Waals surface area contributed by atoms with Crippen LogP contribution in [0.1, 0.15) is 26.3 Å². The molecule has 1 N–H and O–H groups in total. The monoisotopic (exact) mass is 206 g/mol. The molecule has 74 valence electrons. The van der Waals surface area contributed by atoms with Crippen LogP contribution in [0, 0.1) is 11.3 Å². The predicted molar refractivity (Wildman–Crippen MR) is 59.9 cm³/mol. The highest BCUT2D eigenvalue weighted by atomic mass is 32.2. The number of benzene rings is 1. The van der Waals surface area contributed by atoms with Crippen LogP contribution in [0.5, 0.6) is 0 Å². The summed E-state index contributed by atoms with van der Waals surface area (Å²) >= 11 is 1.56. The molecule has 0 heterocycles. The highest BCUT2D eigenvalue weighted by Crippen LogP contribution is 2.18. The van der Waals surface area contributed by atoms with Crippen LogP contribution in [0.15, 0.2) is 29.2 Å². The second-order valence-electron chi connectivity index (χ2n) is 4.09. The molecule has 0 fully saturated rings. The number of nitriles is 1. The van der Waals surface area contributed by atoms with E-state index in [1.165, 1.54) is 0 Å². The lowest BCUT2D eigenvalue weighted by molar-refractivity contribution is 0.535. The molecule has 1 aromatic rings. The minimum absolute atomic E-state index is 0.0767. The second kappa shape index (κ2) is 4.50. The Bertz CT molecular complexity index is 347. The van der Waals surface area contributed by atoms with Gasteiger partial charge in [0.05, 0.1) is 11.6 Å². The van der Waals surface area contributed by atoms with Crippen molar-refractivity contribution < 1.29 is 0 Å². The van der Waals surface area contributed by atoms with Gasteiger partial charge in [-0.1, -0.05) is 6.07 Å². The minimum atomic E-state index is 0.0767. The van der Waals surface area contributed by atoms with Crippen LogP contribution in [-0.2, 0) is 0 Å². The van der Waals surface area contributed by atoms with Gasteiger partial charge >= 0.3 is 0 Å². The molecule has 3 heteroatoms. The van der Waals surface area contributed by atoms with E-state index in [1.54, 1.807) is 18.0 Å². The van der Waals surface area contributed by atoms with E-state index in [2.05, 4.69) is 31.6 Å². The Hall–Kier alpha value is -0.980. The summed E-state index contributed by atoms with van der Waals surface area (Å²) in [6, 6.07) is 9.69. The largest absolute Gasteiger partial charge is 0.255 e. The average molecular weight is 206 g/mol. The summed E-state index contributed by atoms with van der Waals surface area (Å²) in [6.45, 7) is 6.32. The van der Waals surface area contributed by atoms with Crippen molar-refractivity contribution in [3.05, 3.63) is 29.8 Å². The molecule has 0 spiro atoms. The molecule has 0 aliphatic carbocycles. The summed E-state index contributed by atoms with van der Waals surface area (Å²) in [5.41, 5.74) is 0.776. The lowest BCUT2D eigenvalue weighted by Crippen LogP contribution is -2.29. The summed E-state index contributed by atoms with van der Waals surface area (Å²) in [5, 5.41) is 8.71. The van der Waals surface area contributed by atoms with Gasteiger partial charge in [0.1, 0.15) is 0 Å². The third-order valence-corrected chi connectivity index (χ3v) is 2.64. The fourth-order valence-corrected chi connectivity index (χ4v) is 1.60. The van der Waals surface area contributed by atoms with Crippen LogP contribution in [-0.4, -0.2) is 5.54 Å². The molecule has 0 amide bonds. The SMILES string of the molecule is CC(C)(C)NSc1cccc(C#N)c1. The van der Waals surface area contributed by atoms with Crippen LogP contribution < -0.4 is 4.72 Å². The summed E-state index contributed by atoms with van der Waals surface area (Å²) < 4.78 is 3.30. The zero-order valence-corrected chi connectivity index (χ0v) is 9.48. The van der Waals surface area contributed by atoms with Gasteiger partial charge in [-0.2, -0.15) is 5.26 Å². The highest BCUT2D eigenvalue weighted by molar-refractivity contribution is 7.97. The standard InChI is InChI=1S/C11H14N2S/c1-11(2,3)13-14-10-6-4-5-9(7-10)8-12/h4-7,13H,1-3H3. The van der Waals surface area contributed by atoms with Crippen LogP contribution in [0.3, 0.4) is 0 Å². The maximum Gasteiger partial charge on any atom is 0.0992 e. The average Bonchev–Trinajstić information content (AvgIpc) is 2.14. The van der Waals surface area contributed by atoms with E-state index in [0.29, 0.717) is 5.56 Å². The Kier molecular flexibility index (Phi) is 3.56.